The van der Waals surface area contributed by atoms with Crippen LogP contribution in [0.5, 0.6) is 0 Å². The first-order valence-corrected chi connectivity index (χ1v) is 6.50. The number of imidazole rings is 1. The summed E-state index contributed by atoms with van der Waals surface area (Å²) in [6, 6.07) is -1.43. The van der Waals surface area contributed by atoms with E-state index in [0.29, 0.717) is 18.9 Å². The molecule has 0 radical (unpaired) electrons. The van der Waals surface area contributed by atoms with Gasteiger partial charge in [-0.15, -0.1) is 0 Å². The van der Waals surface area contributed by atoms with Gasteiger partial charge in [0.05, 0.1) is 6.33 Å². The van der Waals surface area contributed by atoms with Gasteiger partial charge in [0.25, 0.3) is 0 Å². The van der Waals surface area contributed by atoms with Crippen molar-refractivity contribution in [3.63, 3.8) is 0 Å². The second-order valence-corrected chi connectivity index (χ2v) is 4.68. The Labute approximate surface area is 115 Å². The minimum atomic E-state index is -1.08. The van der Waals surface area contributed by atoms with Crippen LogP contribution in [0.1, 0.15) is 18.5 Å². The Morgan fingerprint density at radius 3 is 2.85 bits per heavy atom. The van der Waals surface area contributed by atoms with Crippen molar-refractivity contribution in [1.29, 1.82) is 0 Å². The van der Waals surface area contributed by atoms with Crippen LogP contribution in [0, 0.1) is 0 Å². The zero-order valence-corrected chi connectivity index (χ0v) is 11.0. The molecule has 8 nitrogen and oxygen atoms in total. The van der Waals surface area contributed by atoms with Crippen molar-refractivity contribution < 1.29 is 19.4 Å². The van der Waals surface area contributed by atoms with Crippen molar-refractivity contribution in [2.24, 2.45) is 0 Å². The molecule has 1 aliphatic heterocycles. The van der Waals surface area contributed by atoms with Crippen molar-refractivity contribution in [3.05, 3.63) is 18.2 Å². The van der Waals surface area contributed by atoms with Crippen LogP contribution in [-0.2, 0) is 16.0 Å². The third-order valence-corrected chi connectivity index (χ3v) is 3.14. The average molecular weight is 282 g/mol. The second kappa shape index (κ2) is 6.90. The van der Waals surface area contributed by atoms with Crippen LogP contribution in [-0.4, -0.2) is 52.4 Å². The largest absolute Gasteiger partial charge is 0.480 e. The number of amides is 2. The lowest BCUT2D eigenvalue weighted by atomic mass is 10.1. The number of urea groups is 1. The van der Waals surface area contributed by atoms with E-state index in [1.54, 1.807) is 0 Å². The highest BCUT2D eigenvalue weighted by Gasteiger charge is 2.23. The van der Waals surface area contributed by atoms with Crippen LogP contribution in [0.2, 0.25) is 0 Å². The van der Waals surface area contributed by atoms with E-state index in [2.05, 4.69) is 20.6 Å². The summed E-state index contributed by atoms with van der Waals surface area (Å²) >= 11 is 0. The molecular weight excluding hydrogens is 264 g/mol. The van der Waals surface area contributed by atoms with E-state index in [-0.39, 0.29) is 12.5 Å². The normalized spacial score (nSPS) is 17.4. The highest BCUT2D eigenvalue weighted by Crippen LogP contribution is 2.06. The Kier molecular flexibility index (Phi) is 4.94. The summed E-state index contributed by atoms with van der Waals surface area (Å²) in [5.74, 6) is -1.08. The molecule has 0 saturated carbocycles. The topological polar surface area (TPSA) is 116 Å². The average Bonchev–Trinajstić information content (AvgIpc) is 2.92. The molecule has 110 valence electrons. The van der Waals surface area contributed by atoms with Gasteiger partial charge in [-0.25, -0.2) is 14.6 Å². The molecule has 2 heterocycles. The molecule has 1 atom stereocenters. The Balaban J connectivity index is 1.83. The van der Waals surface area contributed by atoms with Crippen molar-refractivity contribution in [2.75, 3.05) is 13.2 Å². The van der Waals surface area contributed by atoms with Gasteiger partial charge in [-0.3, -0.25) is 0 Å². The maximum absolute atomic E-state index is 11.8. The highest BCUT2D eigenvalue weighted by molar-refractivity contribution is 5.82. The van der Waals surface area contributed by atoms with Gasteiger partial charge in [0, 0.05) is 37.6 Å². The number of carboxylic acid groups (broad SMARTS) is 1. The molecule has 1 fully saturated rings. The number of carbonyl (C=O) groups is 2. The number of nitrogens with one attached hydrogen (secondary N) is 3. The fraction of sp³-hybridized carbons (Fsp3) is 0.583. The molecule has 8 heteroatoms. The lowest BCUT2D eigenvalue weighted by Crippen LogP contribution is -2.50. The van der Waals surface area contributed by atoms with Crippen LogP contribution in [0.15, 0.2) is 12.5 Å². The first kappa shape index (κ1) is 14.3. The van der Waals surface area contributed by atoms with Crippen LogP contribution in [0.25, 0.3) is 0 Å². The Morgan fingerprint density at radius 1 is 1.50 bits per heavy atom. The van der Waals surface area contributed by atoms with E-state index < -0.39 is 18.0 Å². The van der Waals surface area contributed by atoms with Gasteiger partial charge in [0.1, 0.15) is 6.04 Å². The number of hydrogen-bond acceptors (Lipinski definition) is 4. The van der Waals surface area contributed by atoms with Crippen LogP contribution in [0.3, 0.4) is 0 Å². The van der Waals surface area contributed by atoms with Crippen LogP contribution < -0.4 is 10.6 Å². The fourth-order valence-electron chi connectivity index (χ4n) is 2.04. The summed E-state index contributed by atoms with van der Waals surface area (Å²) < 4.78 is 5.19. The standard InChI is InChI=1S/C12H18N4O4/c17-11(18)10(5-9-6-13-7-14-9)16-12(19)15-8-1-3-20-4-2-8/h6-8,10H,1-5H2,(H,13,14)(H,17,18)(H2,15,16,19)/t10-/m0/s1. The van der Waals surface area contributed by atoms with E-state index in [1.807, 2.05) is 0 Å². The third-order valence-electron chi connectivity index (χ3n) is 3.14. The lowest BCUT2D eigenvalue weighted by molar-refractivity contribution is -0.139. The summed E-state index contributed by atoms with van der Waals surface area (Å²) in [4.78, 5) is 29.6. The number of hydrogen-bond donors (Lipinski definition) is 4. The molecule has 1 aromatic heterocycles. The van der Waals surface area contributed by atoms with E-state index in [4.69, 9.17) is 9.84 Å². The number of aliphatic carboxylic acids is 1. The van der Waals surface area contributed by atoms with E-state index in [0.717, 1.165) is 12.8 Å². The summed E-state index contributed by atoms with van der Waals surface area (Å²) in [5.41, 5.74) is 0.656. The van der Waals surface area contributed by atoms with Crippen LogP contribution >= 0.6 is 0 Å². The van der Waals surface area contributed by atoms with E-state index in [9.17, 15) is 9.59 Å². The molecule has 0 bridgehead atoms. The predicted molar refractivity (Wildman–Crippen MR) is 69.2 cm³/mol. The van der Waals surface area contributed by atoms with E-state index in [1.165, 1.54) is 12.5 Å². The number of nitrogens with zero attached hydrogens (tertiary/aromatic N) is 1. The minimum Gasteiger partial charge on any atom is -0.480 e. The number of aromatic nitrogens is 2. The number of aromatic amines is 1. The summed E-state index contributed by atoms with van der Waals surface area (Å²) in [6.45, 7) is 1.23. The SMILES string of the molecule is O=C(NC1CCOCC1)N[C@@H](Cc1cnc[nH]1)C(=O)O. The van der Waals surface area contributed by atoms with Crippen molar-refractivity contribution in [3.8, 4) is 0 Å². The van der Waals surface area contributed by atoms with Gasteiger partial charge in [0.2, 0.25) is 0 Å². The molecule has 0 spiro atoms. The maximum Gasteiger partial charge on any atom is 0.326 e. The van der Waals surface area contributed by atoms with Crippen molar-refractivity contribution >= 4 is 12.0 Å². The molecule has 2 rings (SSSR count). The second-order valence-electron chi connectivity index (χ2n) is 4.68. The molecule has 20 heavy (non-hydrogen) atoms. The molecule has 0 unspecified atom stereocenters. The van der Waals surface area contributed by atoms with Gasteiger partial charge in [-0.2, -0.15) is 0 Å². The molecule has 4 N–H and O–H groups in total. The van der Waals surface area contributed by atoms with Gasteiger partial charge in [-0.05, 0) is 12.8 Å². The maximum atomic E-state index is 11.8. The molecule has 1 aromatic rings. The van der Waals surface area contributed by atoms with Crippen molar-refractivity contribution in [2.45, 2.75) is 31.3 Å². The monoisotopic (exact) mass is 282 g/mol. The number of H-pyrrole nitrogens is 1. The smallest absolute Gasteiger partial charge is 0.326 e. The quantitative estimate of drug-likeness (QED) is 0.601. The highest BCUT2D eigenvalue weighted by atomic mass is 16.5. The molecule has 1 aliphatic rings. The zero-order chi connectivity index (χ0) is 14.4. The summed E-state index contributed by atoms with van der Waals surface area (Å²) in [5, 5.41) is 14.4. The molecule has 0 aliphatic carbocycles. The number of ether oxygens (including phenoxy) is 1. The number of rotatable bonds is 5. The van der Waals surface area contributed by atoms with Gasteiger partial charge >= 0.3 is 12.0 Å². The summed E-state index contributed by atoms with van der Waals surface area (Å²) in [6.07, 6.45) is 4.65. The van der Waals surface area contributed by atoms with Crippen molar-refractivity contribution in [1.82, 2.24) is 20.6 Å². The van der Waals surface area contributed by atoms with Gasteiger partial charge in [-0.1, -0.05) is 0 Å². The Hall–Kier alpha value is -2.09. The molecule has 0 aromatic carbocycles. The first-order valence-electron chi connectivity index (χ1n) is 6.50. The van der Waals surface area contributed by atoms with Gasteiger partial charge in [0.15, 0.2) is 0 Å². The fourth-order valence-corrected chi connectivity index (χ4v) is 2.04. The Bertz CT molecular complexity index is 442. The first-order chi connectivity index (χ1) is 9.65. The third kappa shape index (κ3) is 4.23. The Morgan fingerprint density at radius 2 is 2.25 bits per heavy atom. The van der Waals surface area contributed by atoms with Gasteiger partial charge < -0.3 is 25.5 Å². The van der Waals surface area contributed by atoms with E-state index >= 15 is 0 Å². The summed E-state index contributed by atoms with van der Waals surface area (Å²) in [7, 11) is 0. The molecule has 1 saturated heterocycles. The minimum absolute atomic E-state index is 0.0327. The molecular formula is C12H18N4O4. The number of carboxylic acids is 1. The molecule has 2 amide bonds. The van der Waals surface area contributed by atoms with Crippen LogP contribution in [0.4, 0.5) is 4.79 Å². The number of carbonyl (C=O) groups excluding carboxylic acids is 1. The predicted octanol–water partition coefficient (Wildman–Crippen LogP) is -0.116. The zero-order valence-electron chi connectivity index (χ0n) is 11.0. The lowest BCUT2D eigenvalue weighted by Gasteiger charge is -2.24.